The van der Waals surface area contributed by atoms with Crippen LogP contribution < -0.4 is 10.3 Å². The van der Waals surface area contributed by atoms with E-state index in [4.69, 9.17) is 9.47 Å². The highest BCUT2D eigenvalue weighted by atomic mass is 16.6. The quantitative estimate of drug-likeness (QED) is 0.628. The van der Waals surface area contributed by atoms with E-state index in [1.807, 2.05) is 0 Å². The fourth-order valence-corrected chi connectivity index (χ4v) is 1.87. The van der Waals surface area contributed by atoms with E-state index in [9.17, 15) is 4.79 Å². The maximum atomic E-state index is 11.3. The summed E-state index contributed by atoms with van der Waals surface area (Å²) in [5.74, 6) is 0.607. The lowest BCUT2D eigenvalue weighted by Crippen LogP contribution is -2.27. The van der Waals surface area contributed by atoms with Crippen molar-refractivity contribution in [3.8, 4) is 6.01 Å². The molecule has 1 aromatic rings. The predicted octanol–water partition coefficient (Wildman–Crippen LogP) is 0.745. The lowest BCUT2D eigenvalue weighted by molar-refractivity contribution is 0.0807. The van der Waals surface area contributed by atoms with Gasteiger partial charge >= 0.3 is 6.01 Å². The van der Waals surface area contributed by atoms with Crippen molar-refractivity contribution in [3.05, 3.63) is 34.5 Å². The number of aromatic nitrogens is 2. The van der Waals surface area contributed by atoms with Crippen LogP contribution in [0, 0.1) is 6.92 Å². The monoisotopic (exact) mass is 206 g/mol. The van der Waals surface area contributed by atoms with E-state index in [0.717, 1.165) is 6.42 Å². The second-order valence-electron chi connectivity index (χ2n) is 3.80. The van der Waals surface area contributed by atoms with Crippen molar-refractivity contribution in [2.24, 2.45) is 0 Å². The van der Waals surface area contributed by atoms with E-state index in [0.29, 0.717) is 17.3 Å². The van der Waals surface area contributed by atoms with Crippen molar-refractivity contribution in [2.75, 3.05) is 0 Å². The third-order valence-corrected chi connectivity index (χ3v) is 2.71. The Morgan fingerprint density at radius 1 is 1.60 bits per heavy atom. The van der Waals surface area contributed by atoms with E-state index in [2.05, 4.69) is 11.6 Å². The average molecular weight is 206 g/mol. The van der Waals surface area contributed by atoms with Gasteiger partial charge in [-0.3, -0.25) is 9.36 Å². The first kappa shape index (κ1) is 8.52. The molecule has 15 heavy (non-hydrogen) atoms. The largest absolute Gasteiger partial charge is 0.471 e. The molecule has 1 fully saturated rings. The SMILES string of the molecule is C=C1O[C@@H]2C[C@@H]1Oc1nc(=O)c(C)cn12. The number of rotatable bonds is 0. The molecule has 1 aromatic heterocycles. The van der Waals surface area contributed by atoms with Gasteiger partial charge in [-0.15, -0.1) is 0 Å². The van der Waals surface area contributed by atoms with Gasteiger partial charge in [-0.2, -0.15) is 4.98 Å². The summed E-state index contributed by atoms with van der Waals surface area (Å²) in [6.07, 6.45) is 2.16. The van der Waals surface area contributed by atoms with Gasteiger partial charge in [0.15, 0.2) is 12.3 Å². The number of ether oxygens (including phenoxy) is 2. The molecule has 78 valence electrons. The highest BCUT2D eigenvalue weighted by molar-refractivity contribution is 5.16. The van der Waals surface area contributed by atoms with E-state index < -0.39 is 0 Å². The van der Waals surface area contributed by atoms with Crippen molar-refractivity contribution in [1.29, 1.82) is 0 Å². The molecule has 2 atom stereocenters. The van der Waals surface area contributed by atoms with Crippen LogP contribution in [0.2, 0.25) is 0 Å². The number of hydrogen-bond donors (Lipinski definition) is 0. The van der Waals surface area contributed by atoms with Gasteiger partial charge in [-0.1, -0.05) is 6.58 Å². The fraction of sp³-hybridized carbons (Fsp3) is 0.400. The van der Waals surface area contributed by atoms with Gasteiger partial charge < -0.3 is 9.47 Å². The summed E-state index contributed by atoms with van der Waals surface area (Å²) in [4.78, 5) is 15.2. The maximum Gasteiger partial charge on any atom is 0.303 e. The Morgan fingerprint density at radius 3 is 3.20 bits per heavy atom. The molecule has 0 aromatic carbocycles. The molecule has 2 aliphatic rings. The molecule has 0 radical (unpaired) electrons. The Morgan fingerprint density at radius 2 is 2.40 bits per heavy atom. The Balaban J connectivity index is 2.18. The minimum absolute atomic E-state index is 0.127. The normalized spacial score (nSPS) is 26.9. The Kier molecular flexibility index (Phi) is 1.49. The zero-order chi connectivity index (χ0) is 10.6. The summed E-state index contributed by atoms with van der Waals surface area (Å²) < 4.78 is 12.7. The van der Waals surface area contributed by atoms with Gasteiger partial charge in [0.2, 0.25) is 0 Å². The van der Waals surface area contributed by atoms with Crippen LogP contribution in [0.4, 0.5) is 0 Å². The first-order valence-corrected chi connectivity index (χ1v) is 4.77. The van der Waals surface area contributed by atoms with Crippen molar-refractivity contribution in [1.82, 2.24) is 9.55 Å². The van der Waals surface area contributed by atoms with Crippen molar-refractivity contribution >= 4 is 0 Å². The average Bonchev–Trinajstić information content (AvgIpc) is 2.48. The van der Waals surface area contributed by atoms with Crippen LogP contribution >= 0.6 is 0 Å². The summed E-state index contributed by atoms with van der Waals surface area (Å²) >= 11 is 0. The van der Waals surface area contributed by atoms with Gasteiger partial charge in [0.05, 0.1) is 0 Å². The number of hydrogen-bond acceptors (Lipinski definition) is 4. The smallest absolute Gasteiger partial charge is 0.303 e. The number of nitrogens with zero attached hydrogens (tertiary/aromatic N) is 2. The molecule has 0 aliphatic carbocycles. The van der Waals surface area contributed by atoms with Crippen LogP contribution in [0.25, 0.3) is 0 Å². The maximum absolute atomic E-state index is 11.3. The molecule has 1 saturated heterocycles. The molecule has 0 saturated carbocycles. The van der Waals surface area contributed by atoms with Crippen LogP contribution in [-0.2, 0) is 4.74 Å². The van der Waals surface area contributed by atoms with E-state index in [-0.39, 0.29) is 17.9 Å². The van der Waals surface area contributed by atoms with E-state index >= 15 is 0 Å². The van der Waals surface area contributed by atoms with Crippen LogP contribution in [-0.4, -0.2) is 15.7 Å². The van der Waals surface area contributed by atoms with Gasteiger partial charge in [0, 0.05) is 18.2 Å². The van der Waals surface area contributed by atoms with Gasteiger partial charge in [-0.05, 0) is 6.92 Å². The third kappa shape index (κ3) is 1.09. The molecule has 3 heterocycles. The van der Waals surface area contributed by atoms with Crippen LogP contribution in [0.1, 0.15) is 18.2 Å². The standard InChI is InChI=1S/C10H10N2O3/c1-5-4-12-8-3-7(6(2)14-8)15-10(12)11-9(5)13/h4,7-8H,2-3H2,1H3/t7-,8+/m0/s1. The molecule has 3 rings (SSSR count). The Labute approximate surface area is 86.0 Å². The van der Waals surface area contributed by atoms with E-state index in [1.165, 1.54) is 0 Å². The summed E-state index contributed by atoms with van der Waals surface area (Å²) in [5, 5.41) is 0. The molecular weight excluding hydrogens is 196 g/mol. The summed E-state index contributed by atoms with van der Waals surface area (Å²) in [6.45, 7) is 5.48. The molecule has 0 spiro atoms. The second kappa shape index (κ2) is 2.62. The molecule has 0 unspecified atom stereocenters. The van der Waals surface area contributed by atoms with Gasteiger partial charge in [0.25, 0.3) is 5.56 Å². The first-order chi connectivity index (χ1) is 7.15. The summed E-state index contributed by atoms with van der Waals surface area (Å²) in [6, 6.07) is 0.325. The topological polar surface area (TPSA) is 53.4 Å². The van der Waals surface area contributed by atoms with Crippen LogP contribution in [0.15, 0.2) is 23.3 Å². The second-order valence-corrected chi connectivity index (χ2v) is 3.80. The van der Waals surface area contributed by atoms with Crippen molar-refractivity contribution < 1.29 is 9.47 Å². The number of fused-ring (bicyclic) bond motifs is 4. The minimum atomic E-state index is -0.256. The number of aryl methyl sites for hydroxylation is 1. The predicted molar refractivity (Wildman–Crippen MR) is 51.5 cm³/mol. The van der Waals surface area contributed by atoms with Crippen LogP contribution in [0.3, 0.4) is 0 Å². The zero-order valence-corrected chi connectivity index (χ0v) is 8.27. The van der Waals surface area contributed by atoms with Crippen molar-refractivity contribution in [2.45, 2.75) is 25.7 Å². The highest BCUT2D eigenvalue weighted by Crippen LogP contribution is 2.38. The lowest BCUT2D eigenvalue weighted by atomic mass is 10.2. The molecule has 2 bridgehead atoms. The molecule has 5 heteroatoms. The molecule has 0 N–H and O–H groups in total. The van der Waals surface area contributed by atoms with Gasteiger partial charge in [0.1, 0.15) is 5.76 Å². The zero-order valence-electron chi connectivity index (χ0n) is 8.27. The summed E-state index contributed by atoms with van der Waals surface area (Å²) in [7, 11) is 0. The molecule has 2 aliphatic heterocycles. The lowest BCUT2D eigenvalue weighted by Gasteiger charge is -2.22. The third-order valence-electron chi connectivity index (χ3n) is 2.71. The Bertz CT molecular complexity index is 506. The fourth-order valence-electron chi connectivity index (χ4n) is 1.87. The summed E-state index contributed by atoms with van der Waals surface area (Å²) in [5.41, 5.74) is 0.329. The molecule has 0 amide bonds. The van der Waals surface area contributed by atoms with Crippen LogP contribution in [0.5, 0.6) is 6.01 Å². The van der Waals surface area contributed by atoms with Gasteiger partial charge in [-0.25, -0.2) is 0 Å². The van der Waals surface area contributed by atoms with Crippen molar-refractivity contribution in [3.63, 3.8) is 0 Å². The molecule has 5 nitrogen and oxygen atoms in total. The Hall–Kier alpha value is -1.78. The highest BCUT2D eigenvalue weighted by Gasteiger charge is 2.39. The minimum Gasteiger partial charge on any atom is -0.471 e. The first-order valence-electron chi connectivity index (χ1n) is 4.77. The molecular formula is C10H10N2O3. The van der Waals surface area contributed by atoms with E-state index in [1.54, 1.807) is 17.7 Å².